The van der Waals surface area contributed by atoms with Crippen LogP contribution in [0.1, 0.15) is 65.2 Å². The molecule has 0 amide bonds. The van der Waals surface area contributed by atoms with Gasteiger partial charge in [-0.3, -0.25) is 0 Å². The van der Waals surface area contributed by atoms with E-state index in [-0.39, 0.29) is 0 Å². The highest BCUT2D eigenvalue weighted by molar-refractivity contribution is 6.11. The van der Waals surface area contributed by atoms with E-state index in [0.29, 0.717) is 5.82 Å². The number of unbranched alkanes of at least 4 members (excludes halogenated alkanes) is 6. The molecule has 2 radical (unpaired) electrons. The molecule has 0 bridgehead atoms. The quantitative estimate of drug-likeness (QED) is 0.376. The van der Waals surface area contributed by atoms with Crippen LogP contribution in [-0.4, -0.2) is 7.85 Å². The van der Waals surface area contributed by atoms with E-state index in [2.05, 4.69) is 13.8 Å². The second-order valence-electron chi connectivity index (χ2n) is 3.89. The minimum Gasteiger partial charge on any atom is -0.0802 e. The van der Waals surface area contributed by atoms with E-state index in [1.54, 1.807) is 0 Å². The lowest BCUT2D eigenvalue weighted by Crippen LogP contribution is -1.86. The van der Waals surface area contributed by atoms with E-state index < -0.39 is 0 Å². The summed E-state index contributed by atoms with van der Waals surface area (Å²) in [6.07, 6.45) is 10.9. The van der Waals surface area contributed by atoms with Gasteiger partial charge in [0, 0.05) is 0 Å². The van der Waals surface area contributed by atoms with E-state index >= 15 is 0 Å². The summed E-state index contributed by atoms with van der Waals surface area (Å²) in [5, 5.41) is 0. The average Bonchev–Trinajstić information content (AvgIpc) is 2.02. The molecule has 1 atom stereocenters. The summed E-state index contributed by atoms with van der Waals surface area (Å²) in [5.41, 5.74) is 0. The zero-order valence-corrected chi connectivity index (χ0v) is 8.81. The Morgan fingerprint density at radius 1 is 0.917 bits per heavy atom. The van der Waals surface area contributed by atoms with Crippen molar-refractivity contribution in [2.45, 2.75) is 71.0 Å². The maximum Gasteiger partial charge on any atom is 0.0695 e. The Bertz CT molecular complexity index is 79.1. The van der Waals surface area contributed by atoms with E-state index in [1.807, 2.05) is 0 Å². The van der Waals surface area contributed by atoms with Gasteiger partial charge in [0.2, 0.25) is 0 Å². The van der Waals surface area contributed by atoms with Crippen molar-refractivity contribution in [2.24, 2.45) is 0 Å². The van der Waals surface area contributed by atoms with Gasteiger partial charge in [-0.15, -0.1) is 0 Å². The minimum atomic E-state index is 0.403. The van der Waals surface area contributed by atoms with Crippen molar-refractivity contribution < 1.29 is 0 Å². The first-order chi connectivity index (χ1) is 5.77. The summed E-state index contributed by atoms with van der Waals surface area (Å²) in [6, 6.07) is 0. The fraction of sp³-hybridized carbons (Fsp3) is 1.00. The first-order valence-electron chi connectivity index (χ1n) is 5.53. The molecule has 0 unspecified atom stereocenters. The Kier molecular flexibility index (Phi) is 9.20. The average molecular weight is 166 g/mol. The molecule has 0 aliphatic rings. The maximum absolute atomic E-state index is 5.65. The van der Waals surface area contributed by atoms with Crippen LogP contribution in [0.25, 0.3) is 0 Å². The maximum atomic E-state index is 5.65. The first kappa shape index (κ1) is 12.1. The topological polar surface area (TPSA) is 0 Å². The zero-order valence-electron chi connectivity index (χ0n) is 8.81. The Morgan fingerprint density at radius 3 is 1.92 bits per heavy atom. The van der Waals surface area contributed by atoms with Crippen LogP contribution < -0.4 is 0 Å². The molecular formula is C11H23B. The molecule has 0 aliphatic heterocycles. The molecule has 0 aliphatic carbocycles. The predicted molar refractivity (Wildman–Crippen MR) is 57.8 cm³/mol. The van der Waals surface area contributed by atoms with Crippen LogP contribution in [0, 0.1) is 0 Å². The highest BCUT2D eigenvalue weighted by atomic mass is 14.0. The molecular weight excluding hydrogens is 143 g/mol. The summed E-state index contributed by atoms with van der Waals surface area (Å²) < 4.78 is 0. The first-order valence-corrected chi connectivity index (χ1v) is 5.53. The molecule has 0 saturated heterocycles. The molecule has 0 rings (SSSR count). The lowest BCUT2D eigenvalue weighted by atomic mass is 9.85. The van der Waals surface area contributed by atoms with Gasteiger partial charge in [0.1, 0.15) is 0 Å². The molecule has 1 heteroatoms. The van der Waals surface area contributed by atoms with Crippen LogP contribution in [0.4, 0.5) is 0 Å². The van der Waals surface area contributed by atoms with Gasteiger partial charge in [-0.2, -0.15) is 0 Å². The van der Waals surface area contributed by atoms with Crippen molar-refractivity contribution in [2.75, 3.05) is 0 Å². The third-order valence-electron chi connectivity index (χ3n) is 2.26. The van der Waals surface area contributed by atoms with Gasteiger partial charge in [0.25, 0.3) is 0 Å². The van der Waals surface area contributed by atoms with E-state index in [9.17, 15) is 0 Å². The Balaban J connectivity index is 2.82. The van der Waals surface area contributed by atoms with Crippen LogP contribution in [0.3, 0.4) is 0 Å². The van der Waals surface area contributed by atoms with Gasteiger partial charge in [0.05, 0.1) is 7.85 Å². The van der Waals surface area contributed by atoms with Crippen molar-refractivity contribution in [3.63, 3.8) is 0 Å². The Morgan fingerprint density at radius 2 is 1.42 bits per heavy atom. The van der Waals surface area contributed by atoms with Gasteiger partial charge in [-0.25, -0.2) is 0 Å². The van der Waals surface area contributed by atoms with Crippen LogP contribution >= 0.6 is 0 Å². The third-order valence-corrected chi connectivity index (χ3v) is 2.26. The number of hydrogen-bond donors (Lipinski definition) is 0. The van der Waals surface area contributed by atoms with Crippen molar-refractivity contribution in [1.82, 2.24) is 0 Å². The summed E-state index contributed by atoms with van der Waals surface area (Å²) in [5.74, 6) is 0.403. The molecule has 0 spiro atoms. The van der Waals surface area contributed by atoms with Crippen LogP contribution in [0.2, 0.25) is 5.82 Å². The predicted octanol–water partition coefficient (Wildman–Crippen LogP) is 4.10. The van der Waals surface area contributed by atoms with Crippen molar-refractivity contribution in [1.29, 1.82) is 0 Å². The monoisotopic (exact) mass is 166 g/mol. The molecule has 0 aromatic rings. The van der Waals surface area contributed by atoms with Crippen molar-refractivity contribution >= 4 is 7.85 Å². The highest BCUT2D eigenvalue weighted by Crippen LogP contribution is 2.12. The number of rotatable bonds is 8. The van der Waals surface area contributed by atoms with Crippen LogP contribution in [-0.2, 0) is 0 Å². The molecule has 0 aromatic heterocycles. The molecule has 0 N–H and O–H groups in total. The van der Waals surface area contributed by atoms with Crippen molar-refractivity contribution in [3.8, 4) is 0 Å². The molecule has 0 saturated carbocycles. The van der Waals surface area contributed by atoms with Gasteiger partial charge >= 0.3 is 0 Å². The highest BCUT2D eigenvalue weighted by Gasteiger charge is 1.93. The fourth-order valence-corrected chi connectivity index (χ4v) is 1.42. The van der Waals surface area contributed by atoms with E-state index in [1.165, 1.54) is 51.4 Å². The molecule has 70 valence electrons. The standard InChI is InChI=1S/C11H23B/c1-3-4-5-6-7-8-9-10-11(2)12/h11H,3-10H2,1-2H3/t11-/m0/s1. The molecule has 12 heavy (non-hydrogen) atoms. The summed E-state index contributed by atoms with van der Waals surface area (Å²) in [6.45, 7) is 4.35. The van der Waals surface area contributed by atoms with Crippen molar-refractivity contribution in [3.05, 3.63) is 0 Å². The van der Waals surface area contributed by atoms with E-state index in [4.69, 9.17) is 7.85 Å². The molecule has 0 aromatic carbocycles. The molecule has 0 fully saturated rings. The van der Waals surface area contributed by atoms with Gasteiger partial charge < -0.3 is 0 Å². The van der Waals surface area contributed by atoms with Gasteiger partial charge in [-0.1, -0.05) is 71.0 Å². The largest absolute Gasteiger partial charge is 0.0802 e. The third kappa shape index (κ3) is 10.1. The summed E-state index contributed by atoms with van der Waals surface area (Å²) in [7, 11) is 5.65. The molecule has 0 nitrogen and oxygen atoms in total. The Hall–Kier alpha value is 0.0649. The SMILES string of the molecule is [B][C@@H](C)CCCCCCCCC. The van der Waals surface area contributed by atoms with Crippen LogP contribution in [0.5, 0.6) is 0 Å². The lowest BCUT2D eigenvalue weighted by molar-refractivity contribution is 0.572. The van der Waals surface area contributed by atoms with Gasteiger partial charge in [-0.05, 0) is 0 Å². The van der Waals surface area contributed by atoms with Crippen LogP contribution in [0.15, 0.2) is 0 Å². The fourth-order valence-electron chi connectivity index (χ4n) is 1.42. The number of hydrogen-bond acceptors (Lipinski definition) is 0. The second-order valence-corrected chi connectivity index (χ2v) is 3.89. The summed E-state index contributed by atoms with van der Waals surface area (Å²) >= 11 is 0. The lowest BCUT2D eigenvalue weighted by Gasteiger charge is -2.03. The Labute approximate surface area is 79.5 Å². The zero-order chi connectivity index (χ0) is 9.23. The molecule has 0 heterocycles. The smallest absolute Gasteiger partial charge is 0.0695 e. The van der Waals surface area contributed by atoms with Gasteiger partial charge in [0.15, 0.2) is 0 Å². The summed E-state index contributed by atoms with van der Waals surface area (Å²) in [4.78, 5) is 0. The minimum absolute atomic E-state index is 0.403. The normalized spacial score (nSPS) is 13.2. The van der Waals surface area contributed by atoms with E-state index in [0.717, 1.165) is 0 Å². The second kappa shape index (κ2) is 9.16.